The molecule has 0 saturated carbocycles. The molecule has 0 bridgehead atoms. The number of fused-ring (bicyclic) bond motifs is 1. The molecule has 0 aliphatic rings. The molecule has 2 nitrogen and oxygen atoms in total. The quantitative estimate of drug-likeness (QED) is 0.662. The highest BCUT2D eigenvalue weighted by Crippen LogP contribution is 2.20. The lowest BCUT2D eigenvalue weighted by Gasteiger charge is -2.12. The van der Waals surface area contributed by atoms with E-state index in [2.05, 4.69) is 4.57 Å². The molecule has 1 aromatic heterocycles. The molecule has 1 heterocycles. The van der Waals surface area contributed by atoms with Gasteiger partial charge in [-0.15, -0.1) is 12.4 Å². The number of pyridine rings is 1. The van der Waals surface area contributed by atoms with Gasteiger partial charge < -0.3 is 4.57 Å². The number of hydrogen-bond acceptors (Lipinski definition) is 1. The van der Waals surface area contributed by atoms with Gasteiger partial charge in [0.05, 0.1) is 11.2 Å². The smallest absolute Gasteiger partial charge is 0.190 e. The second-order valence-corrected chi connectivity index (χ2v) is 4.34. The summed E-state index contributed by atoms with van der Waals surface area (Å²) in [4.78, 5) is 12.1. The lowest BCUT2D eigenvalue weighted by molar-refractivity contribution is 0.960. The maximum atomic E-state index is 12.1. The molecule has 0 aliphatic carbocycles. The van der Waals surface area contributed by atoms with Gasteiger partial charge >= 0.3 is 0 Å². The van der Waals surface area contributed by atoms with Crippen LogP contribution in [0.1, 0.15) is 0 Å². The summed E-state index contributed by atoms with van der Waals surface area (Å²) in [5, 5.41) is 0.764. The van der Waals surface area contributed by atoms with Crippen LogP contribution in [0.5, 0.6) is 0 Å². The first-order chi connectivity index (χ1) is 8.77. The zero-order valence-electron chi connectivity index (χ0n) is 10.5. The van der Waals surface area contributed by atoms with E-state index in [1.54, 1.807) is 6.07 Å². The zero-order chi connectivity index (χ0) is 12.5. The van der Waals surface area contributed by atoms with Crippen LogP contribution in [0.3, 0.4) is 0 Å². The van der Waals surface area contributed by atoms with Crippen LogP contribution in [0, 0.1) is 0 Å². The molecule has 3 aromatic rings. The maximum Gasteiger partial charge on any atom is 0.190 e. The van der Waals surface area contributed by atoms with Crippen LogP contribution in [-0.4, -0.2) is 4.57 Å². The molecule has 0 N–H and O–H groups in total. The molecule has 2 aromatic carbocycles. The van der Waals surface area contributed by atoms with Crippen molar-refractivity contribution in [2.45, 2.75) is 0 Å². The Bertz CT molecular complexity index is 763. The summed E-state index contributed by atoms with van der Waals surface area (Å²) in [6.45, 7) is 0. The van der Waals surface area contributed by atoms with E-state index in [9.17, 15) is 4.79 Å². The Labute approximate surface area is 117 Å². The standard InChI is InChI=1S/C16H13NO.ClH/c1-17-14-10-6-5-9-13(14)16(18)11-15(17)12-7-3-2-4-8-12;/h2-11H,1H3;1H. The lowest BCUT2D eigenvalue weighted by atomic mass is 10.1. The van der Waals surface area contributed by atoms with Crippen molar-refractivity contribution in [3.8, 4) is 11.3 Å². The van der Waals surface area contributed by atoms with Gasteiger partial charge in [-0.05, 0) is 17.7 Å². The van der Waals surface area contributed by atoms with Gasteiger partial charge in [-0.3, -0.25) is 4.79 Å². The van der Waals surface area contributed by atoms with Crippen molar-refractivity contribution in [3.63, 3.8) is 0 Å². The van der Waals surface area contributed by atoms with E-state index in [1.165, 1.54) is 0 Å². The van der Waals surface area contributed by atoms with Gasteiger partial charge in [-0.2, -0.15) is 0 Å². The van der Waals surface area contributed by atoms with Crippen molar-refractivity contribution >= 4 is 23.3 Å². The molecule has 3 heteroatoms. The molecule has 0 saturated heterocycles. The van der Waals surface area contributed by atoms with E-state index < -0.39 is 0 Å². The van der Waals surface area contributed by atoms with Gasteiger partial charge in [-0.25, -0.2) is 0 Å². The number of nitrogens with zero attached hydrogens (tertiary/aromatic N) is 1. The Morgan fingerprint density at radius 3 is 2.26 bits per heavy atom. The van der Waals surface area contributed by atoms with Crippen molar-refractivity contribution in [1.29, 1.82) is 0 Å². The molecular formula is C16H14ClNO. The molecule has 0 atom stereocenters. The normalized spacial score (nSPS) is 10.2. The van der Waals surface area contributed by atoms with Gasteiger partial charge in [0.2, 0.25) is 0 Å². The highest BCUT2D eigenvalue weighted by molar-refractivity contribution is 5.85. The average Bonchev–Trinajstić information content (AvgIpc) is 2.44. The third kappa shape index (κ3) is 2.27. The first-order valence-electron chi connectivity index (χ1n) is 5.91. The van der Waals surface area contributed by atoms with Crippen LogP contribution in [0.25, 0.3) is 22.2 Å². The Hall–Kier alpha value is -2.06. The Morgan fingerprint density at radius 1 is 0.895 bits per heavy atom. The molecule has 0 amide bonds. The fraction of sp³-hybridized carbons (Fsp3) is 0.0625. The van der Waals surface area contributed by atoms with Crippen molar-refractivity contribution < 1.29 is 0 Å². The van der Waals surface area contributed by atoms with Crippen molar-refractivity contribution in [1.82, 2.24) is 4.57 Å². The van der Waals surface area contributed by atoms with Gasteiger partial charge in [0.15, 0.2) is 5.43 Å². The van der Waals surface area contributed by atoms with Crippen LogP contribution < -0.4 is 5.43 Å². The second kappa shape index (κ2) is 5.29. The largest absolute Gasteiger partial charge is 0.343 e. The van der Waals surface area contributed by atoms with Crippen LogP contribution in [0.2, 0.25) is 0 Å². The number of halogens is 1. The number of para-hydroxylation sites is 1. The molecule has 3 rings (SSSR count). The summed E-state index contributed by atoms with van der Waals surface area (Å²) in [6, 6.07) is 19.4. The number of aryl methyl sites for hydroxylation is 1. The fourth-order valence-corrected chi connectivity index (χ4v) is 2.29. The molecule has 0 spiro atoms. The maximum absolute atomic E-state index is 12.1. The fourth-order valence-electron chi connectivity index (χ4n) is 2.29. The predicted molar refractivity (Wildman–Crippen MR) is 81.9 cm³/mol. The van der Waals surface area contributed by atoms with E-state index in [-0.39, 0.29) is 17.8 Å². The average molecular weight is 272 g/mol. The van der Waals surface area contributed by atoms with Crippen LogP contribution in [0.15, 0.2) is 65.5 Å². The molecule has 0 aliphatic heterocycles. The third-order valence-electron chi connectivity index (χ3n) is 3.23. The molecule has 0 radical (unpaired) electrons. The Kier molecular flexibility index (Phi) is 3.72. The zero-order valence-corrected chi connectivity index (χ0v) is 11.4. The summed E-state index contributed by atoms with van der Waals surface area (Å²) in [5.74, 6) is 0. The molecular weight excluding hydrogens is 258 g/mol. The summed E-state index contributed by atoms with van der Waals surface area (Å²) in [6.07, 6.45) is 0. The summed E-state index contributed by atoms with van der Waals surface area (Å²) < 4.78 is 2.06. The molecule has 19 heavy (non-hydrogen) atoms. The van der Waals surface area contributed by atoms with Crippen molar-refractivity contribution in [2.24, 2.45) is 7.05 Å². The highest BCUT2D eigenvalue weighted by Gasteiger charge is 2.06. The topological polar surface area (TPSA) is 22.0 Å². The van der Waals surface area contributed by atoms with Gasteiger partial charge in [0, 0.05) is 18.5 Å². The van der Waals surface area contributed by atoms with Crippen molar-refractivity contribution in [3.05, 3.63) is 70.9 Å². The van der Waals surface area contributed by atoms with Crippen LogP contribution in [-0.2, 0) is 7.05 Å². The third-order valence-corrected chi connectivity index (χ3v) is 3.23. The number of rotatable bonds is 1. The van der Waals surface area contributed by atoms with Crippen LogP contribution >= 0.6 is 12.4 Å². The highest BCUT2D eigenvalue weighted by atomic mass is 35.5. The number of benzene rings is 2. The summed E-state index contributed by atoms with van der Waals surface area (Å²) >= 11 is 0. The SMILES string of the molecule is Cl.Cn1c(-c2ccccc2)cc(=O)c2ccccc21. The number of aromatic nitrogens is 1. The second-order valence-electron chi connectivity index (χ2n) is 4.34. The van der Waals surface area contributed by atoms with E-state index in [0.29, 0.717) is 0 Å². The van der Waals surface area contributed by atoms with Crippen molar-refractivity contribution in [2.75, 3.05) is 0 Å². The Morgan fingerprint density at radius 2 is 1.53 bits per heavy atom. The predicted octanol–water partition coefficient (Wildman–Crippen LogP) is 3.63. The van der Waals surface area contributed by atoms with E-state index in [4.69, 9.17) is 0 Å². The monoisotopic (exact) mass is 271 g/mol. The van der Waals surface area contributed by atoms with Gasteiger partial charge in [0.1, 0.15) is 0 Å². The minimum Gasteiger partial charge on any atom is -0.343 e. The Balaban J connectivity index is 0.00000133. The minimum absolute atomic E-state index is 0. The van der Waals surface area contributed by atoms with Gasteiger partial charge in [-0.1, -0.05) is 42.5 Å². The summed E-state index contributed by atoms with van der Waals surface area (Å²) in [7, 11) is 1.99. The molecule has 96 valence electrons. The summed E-state index contributed by atoms with van der Waals surface area (Å²) in [5.41, 5.74) is 3.04. The minimum atomic E-state index is 0. The molecule has 0 unspecified atom stereocenters. The molecule has 0 fully saturated rings. The lowest BCUT2D eigenvalue weighted by Crippen LogP contribution is -2.08. The van der Waals surface area contributed by atoms with E-state index >= 15 is 0 Å². The van der Waals surface area contributed by atoms with E-state index in [1.807, 2.05) is 61.6 Å². The van der Waals surface area contributed by atoms with Gasteiger partial charge in [0.25, 0.3) is 0 Å². The number of hydrogen-bond donors (Lipinski definition) is 0. The first kappa shape index (κ1) is 13.4. The van der Waals surface area contributed by atoms with Crippen LogP contribution in [0.4, 0.5) is 0 Å². The first-order valence-corrected chi connectivity index (χ1v) is 5.91. The van der Waals surface area contributed by atoms with E-state index in [0.717, 1.165) is 22.2 Å².